The fourth-order valence-electron chi connectivity index (χ4n) is 10.3. The van der Waals surface area contributed by atoms with Crippen LogP contribution in [0.2, 0.25) is 0 Å². The van der Waals surface area contributed by atoms with Gasteiger partial charge in [0.1, 0.15) is 18.2 Å². The number of hydrogen-bond acceptors (Lipinski definition) is 11. The molecule has 0 spiro atoms. The molecule has 1 unspecified atom stereocenters. The van der Waals surface area contributed by atoms with Crippen LogP contribution in [0.3, 0.4) is 0 Å². The molecule has 15 nitrogen and oxygen atoms in total. The van der Waals surface area contributed by atoms with Gasteiger partial charge < -0.3 is 39.3 Å². The maximum Gasteiger partial charge on any atom is 0.272 e. The zero-order chi connectivity index (χ0) is 46.8. The first kappa shape index (κ1) is 47.8. The Hall–Kier alpha value is -5.26. The van der Waals surface area contributed by atoms with Crippen LogP contribution in [0.1, 0.15) is 71.6 Å². The fraction of sp³-hybridized carbons (Fsp3) is 0.558. The minimum Gasteiger partial charge on any atom is -0.491 e. The number of benzene rings is 3. The number of piperidine rings is 2. The van der Waals surface area contributed by atoms with Gasteiger partial charge in [0.2, 0.25) is 11.8 Å². The van der Waals surface area contributed by atoms with Crippen molar-refractivity contribution in [2.24, 2.45) is 5.92 Å². The molecule has 1 aliphatic carbocycles. The number of halogens is 1. The summed E-state index contributed by atoms with van der Waals surface area (Å²) in [5.41, 5.74) is 2.31. The molecule has 16 heteroatoms. The zero-order valence-electron chi connectivity index (χ0n) is 39.4. The lowest BCUT2D eigenvalue weighted by Gasteiger charge is -2.40. The standard InChI is InChI=1S/C52H68FN9O6/c53-47-13-10-39(32-48-44-8-1-2-9-45(44)51(65)56-55-48)31-46(47)52(66)61-25-23-60(24-26-61)50(64)37-59-21-19-58(20-22-59)35-38-14-17-57(18-15-38)27-28-67-29-30-68-43-7-3-5-40(33-43)41-6-4-16-62(36-41)49(63)34-54-42-11-12-42/h1-3,5,7-10,13,31,33,38,41-42,54H,4,6,11-12,14-30,32,34-37H2,(H,56,65). The molecule has 4 aromatic rings. The summed E-state index contributed by atoms with van der Waals surface area (Å²) in [6.45, 7) is 13.5. The van der Waals surface area contributed by atoms with Crippen LogP contribution < -0.4 is 15.6 Å². The van der Waals surface area contributed by atoms with E-state index in [1.807, 2.05) is 28.0 Å². The number of amides is 3. The summed E-state index contributed by atoms with van der Waals surface area (Å²) < 4.78 is 27.1. The molecule has 364 valence electrons. The maximum absolute atomic E-state index is 15.1. The number of likely N-dealkylation sites (tertiary alicyclic amines) is 2. The van der Waals surface area contributed by atoms with Gasteiger partial charge in [-0.25, -0.2) is 9.49 Å². The van der Waals surface area contributed by atoms with E-state index in [2.05, 4.69) is 48.4 Å². The van der Waals surface area contributed by atoms with Crippen molar-refractivity contribution < 1.29 is 28.2 Å². The number of fused-ring (bicyclic) bond motifs is 1. The molecule has 0 radical (unpaired) electrons. The molecule has 5 heterocycles. The number of aromatic amines is 1. The van der Waals surface area contributed by atoms with Gasteiger partial charge >= 0.3 is 0 Å². The number of piperazine rings is 2. The van der Waals surface area contributed by atoms with E-state index in [9.17, 15) is 19.2 Å². The van der Waals surface area contributed by atoms with Crippen LogP contribution in [0.15, 0.2) is 71.5 Å². The number of aromatic nitrogens is 2. The Morgan fingerprint density at radius 3 is 2.28 bits per heavy atom. The molecule has 2 N–H and O–H groups in total. The summed E-state index contributed by atoms with van der Waals surface area (Å²) in [4.78, 5) is 64.7. The van der Waals surface area contributed by atoms with Crippen LogP contribution in [-0.4, -0.2) is 188 Å². The number of nitrogens with one attached hydrogen (secondary N) is 2. The van der Waals surface area contributed by atoms with E-state index >= 15 is 4.39 Å². The van der Waals surface area contributed by atoms with Gasteiger partial charge in [0.15, 0.2) is 0 Å². The molecule has 1 saturated carbocycles. The molecule has 1 atom stereocenters. The number of nitrogens with zero attached hydrogens (tertiary/aromatic N) is 7. The van der Waals surface area contributed by atoms with E-state index in [0.29, 0.717) is 100 Å². The first-order valence-electron chi connectivity index (χ1n) is 25.0. The highest BCUT2D eigenvalue weighted by molar-refractivity contribution is 5.95. The Balaban J connectivity index is 0.618. The third kappa shape index (κ3) is 12.7. The Labute approximate surface area is 398 Å². The van der Waals surface area contributed by atoms with Gasteiger partial charge in [0, 0.05) is 102 Å². The average Bonchev–Trinajstić information content (AvgIpc) is 4.22. The Bertz CT molecular complexity index is 2410. The summed E-state index contributed by atoms with van der Waals surface area (Å²) >= 11 is 0. The first-order valence-corrected chi connectivity index (χ1v) is 25.0. The number of hydrogen-bond donors (Lipinski definition) is 2. The van der Waals surface area contributed by atoms with Gasteiger partial charge in [0.05, 0.1) is 42.9 Å². The van der Waals surface area contributed by atoms with E-state index in [0.717, 1.165) is 89.4 Å². The monoisotopic (exact) mass is 934 g/mol. The molecule has 0 bridgehead atoms. The Morgan fingerprint density at radius 1 is 0.721 bits per heavy atom. The van der Waals surface area contributed by atoms with Crippen LogP contribution in [-0.2, 0) is 20.7 Å². The fourth-order valence-corrected chi connectivity index (χ4v) is 10.3. The molecule has 4 saturated heterocycles. The van der Waals surface area contributed by atoms with Crippen LogP contribution in [0, 0.1) is 11.7 Å². The average molecular weight is 934 g/mol. The van der Waals surface area contributed by atoms with Gasteiger partial charge in [-0.05, 0) is 99.0 Å². The number of ether oxygens (including phenoxy) is 2. The van der Waals surface area contributed by atoms with Crippen molar-refractivity contribution in [3.8, 4) is 5.75 Å². The SMILES string of the molecule is O=C(CN1CCN(CC2CCN(CCOCCOc3cccc(C4CCCN(C(=O)CNC5CC5)C4)c3)CC2)CC1)N1CCN(C(=O)c2cc(Cc3n[nH]c(=O)c4ccccc34)ccc2F)CC1. The van der Waals surface area contributed by atoms with Crippen molar-refractivity contribution in [2.75, 3.05) is 125 Å². The summed E-state index contributed by atoms with van der Waals surface area (Å²) in [7, 11) is 0. The van der Waals surface area contributed by atoms with Gasteiger partial charge in [-0.2, -0.15) is 5.10 Å². The highest BCUT2D eigenvalue weighted by atomic mass is 19.1. The predicted molar refractivity (Wildman–Crippen MR) is 258 cm³/mol. The zero-order valence-corrected chi connectivity index (χ0v) is 39.4. The third-order valence-electron chi connectivity index (χ3n) is 14.6. The lowest BCUT2D eigenvalue weighted by Crippen LogP contribution is -2.55. The van der Waals surface area contributed by atoms with Crippen molar-refractivity contribution in [3.63, 3.8) is 0 Å². The highest BCUT2D eigenvalue weighted by Crippen LogP contribution is 2.30. The largest absolute Gasteiger partial charge is 0.491 e. The molecule has 5 fully saturated rings. The van der Waals surface area contributed by atoms with Gasteiger partial charge in [-0.3, -0.25) is 24.1 Å². The predicted octanol–water partition coefficient (Wildman–Crippen LogP) is 3.82. The van der Waals surface area contributed by atoms with Crippen LogP contribution in [0.25, 0.3) is 10.8 Å². The van der Waals surface area contributed by atoms with Crippen LogP contribution >= 0.6 is 0 Å². The van der Waals surface area contributed by atoms with Crippen molar-refractivity contribution >= 4 is 28.5 Å². The Kier molecular flexibility index (Phi) is 16.1. The minimum absolute atomic E-state index is 0.00362. The van der Waals surface area contributed by atoms with E-state index < -0.39 is 11.7 Å². The normalized spacial score (nSPS) is 20.2. The molecule has 3 aromatic carbocycles. The molecule has 1 aromatic heterocycles. The van der Waals surface area contributed by atoms with Crippen molar-refractivity contribution in [3.05, 3.63) is 105 Å². The second-order valence-electron chi connectivity index (χ2n) is 19.4. The smallest absolute Gasteiger partial charge is 0.272 e. The quantitative estimate of drug-likeness (QED) is 0.141. The minimum atomic E-state index is -0.588. The number of rotatable bonds is 18. The number of H-pyrrole nitrogens is 1. The maximum atomic E-state index is 15.1. The third-order valence-corrected chi connectivity index (χ3v) is 14.6. The highest BCUT2D eigenvalue weighted by Gasteiger charge is 2.30. The second kappa shape index (κ2) is 22.9. The molecular weight excluding hydrogens is 866 g/mol. The van der Waals surface area contributed by atoms with E-state index in [1.54, 1.807) is 29.2 Å². The molecule has 9 rings (SSSR count). The number of carbonyl (C=O) groups is 3. The van der Waals surface area contributed by atoms with E-state index in [1.165, 1.54) is 37.3 Å². The summed E-state index contributed by atoms with van der Waals surface area (Å²) in [6.07, 6.45) is 7.18. The lowest BCUT2D eigenvalue weighted by molar-refractivity contribution is -0.134. The summed E-state index contributed by atoms with van der Waals surface area (Å²) in [6, 6.07) is 20.6. The lowest BCUT2D eigenvalue weighted by atomic mass is 9.90. The van der Waals surface area contributed by atoms with Gasteiger partial charge in [-0.15, -0.1) is 0 Å². The second-order valence-corrected chi connectivity index (χ2v) is 19.4. The molecule has 68 heavy (non-hydrogen) atoms. The Morgan fingerprint density at radius 2 is 1.49 bits per heavy atom. The van der Waals surface area contributed by atoms with E-state index in [4.69, 9.17) is 9.47 Å². The topological polar surface area (TPSA) is 147 Å². The van der Waals surface area contributed by atoms with Crippen molar-refractivity contribution in [1.82, 2.24) is 44.9 Å². The summed E-state index contributed by atoms with van der Waals surface area (Å²) in [5, 5.41) is 11.4. The number of carbonyl (C=O) groups excluding carboxylic acids is 3. The summed E-state index contributed by atoms with van der Waals surface area (Å²) in [5.74, 6) is 1.18. The van der Waals surface area contributed by atoms with Gasteiger partial charge in [0.25, 0.3) is 11.5 Å². The van der Waals surface area contributed by atoms with Crippen LogP contribution in [0.5, 0.6) is 5.75 Å². The van der Waals surface area contributed by atoms with Crippen molar-refractivity contribution in [1.29, 1.82) is 0 Å². The first-order chi connectivity index (χ1) is 33.2. The molecule has 5 aliphatic rings. The molecular formula is C52H68FN9O6. The van der Waals surface area contributed by atoms with Gasteiger partial charge in [-0.1, -0.05) is 36.4 Å². The molecule has 3 amide bonds. The van der Waals surface area contributed by atoms with E-state index in [-0.39, 0.29) is 22.9 Å². The molecule has 4 aliphatic heterocycles. The van der Waals surface area contributed by atoms with Crippen LogP contribution in [0.4, 0.5) is 4.39 Å². The van der Waals surface area contributed by atoms with Crippen molar-refractivity contribution in [2.45, 2.75) is 56.9 Å².